The molecule has 0 amide bonds. The highest BCUT2D eigenvalue weighted by Crippen LogP contribution is 2.34. The number of rotatable bonds is 6. The Morgan fingerprint density at radius 3 is 3.00 bits per heavy atom. The van der Waals surface area contributed by atoms with E-state index < -0.39 is 0 Å². The van der Waals surface area contributed by atoms with Gasteiger partial charge in [-0.25, -0.2) is 0 Å². The Balaban J connectivity index is 1.53. The number of hydrogen-bond donors (Lipinski definition) is 0. The van der Waals surface area contributed by atoms with Crippen LogP contribution in [-0.2, 0) is 0 Å². The third-order valence-electron chi connectivity index (χ3n) is 3.54. The number of thioether (sulfide) groups is 1. The molecule has 17 heavy (non-hydrogen) atoms. The van der Waals surface area contributed by atoms with E-state index in [2.05, 4.69) is 22.2 Å². The molecule has 0 aliphatic carbocycles. The van der Waals surface area contributed by atoms with Crippen molar-refractivity contribution in [2.75, 3.05) is 26.7 Å². The summed E-state index contributed by atoms with van der Waals surface area (Å²) in [5, 5.41) is 0.619. The lowest BCUT2D eigenvalue weighted by Crippen LogP contribution is -2.20. The minimum Gasteiger partial charge on any atom is -0.303 e. The summed E-state index contributed by atoms with van der Waals surface area (Å²) in [6, 6.07) is 0. The molecule has 0 aromatic carbocycles. The van der Waals surface area contributed by atoms with E-state index in [0.29, 0.717) is 5.25 Å². The van der Waals surface area contributed by atoms with Crippen LogP contribution in [0, 0.1) is 0 Å². The average Bonchev–Trinajstić information content (AvgIpc) is 2.96. The third kappa shape index (κ3) is 4.47. The van der Waals surface area contributed by atoms with Gasteiger partial charge in [-0.2, -0.15) is 0 Å². The first-order valence-electron chi connectivity index (χ1n) is 6.89. The SMILES string of the molecule is C/N=C/C1CC=C(CCCCN2CCCC2)S1. The highest BCUT2D eigenvalue weighted by atomic mass is 32.2. The topological polar surface area (TPSA) is 15.6 Å². The summed E-state index contributed by atoms with van der Waals surface area (Å²) in [5.74, 6) is 0. The van der Waals surface area contributed by atoms with E-state index >= 15 is 0 Å². The van der Waals surface area contributed by atoms with Crippen LogP contribution in [0.4, 0.5) is 0 Å². The molecule has 96 valence electrons. The van der Waals surface area contributed by atoms with Gasteiger partial charge in [0.1, 0.15) is 0 Å². The Morgan fingerprint density at radius 2 is 2.24 bits per heavy atom. The Hall–Kier alpha value is -0.280. The highest BCUT2D eigenvalue weighted by Gasteiger charge is 2.15. The molecule has 1 atom stereocenters. The van der Waals surface area contributed by atoms with Gasteiger partial charge in [-0.15, -0.1) is 11.8 Å². The van der Waals surface area contributed by atoms with Crippen LogP contribution in [0.3, 0.4) is 0 Å². The van der Waals surface area contributed by atoms with E-state index in [9.17, 15) is 0 Å². The van der Waals surface area contributed by atoms with Gasteiger partial charge in [0.05, 0.1) is 0 Å². The Morgan fingerprint density at radius 1 is 1.41 bits per heavy atom. The van der Waals surface area contributed by atoms with Gasteiger partial charge >= 0.3 is 0 Å². The molecule has 0 saturated carbocycles. The van der Waals surface area contributed by atoms with Crippen molar-refractivity contribution in [3.8, 4) is 0 Å². The largest absolute Gasteiger partial charge is 0.303 e. The molecule has 0 bridgehead atoms. The molecule has 1 saturated heterocycles. The number of nitrogens with zero attached hydrogens (tertiary/aromatic N) is 2. The van der Waals surface area contributed by atoms with Crippen LogP contribution in [0.2, 0.25) is 0 Å². The van der Waals surface area contributed by atoms with Crippen LogP contribution < -0.4 is 0 Å². The summed E-state index contributed by atoms with van der Waals surface area (Å²) in [4.78, 5) is 8.32. The molecule has 1 fully saturated rings. The Kier molecular flexibility index (Phi) is 5.59. The lowest BCUT2D eigenvalue weighted by atomic mass is 10.2. The van der Waals surface area contributed by atoms with Gasteiger partial charge < -0.3 is 4.90 Å². The van der Waals surface area contributed by atoms with E-state index in [1.165, 1.54) is 58.2 Å². The summed E-state index contributed by atoms with van der Waals surface area (Å²) < 4.78 is 0. The number of aliphatic imine (C=N–C) groups is 1. The molecule has 0 radical (unpaired) electrons. The van der Waals surface area contributed by atoms with Crippen LogP contribution >= 0.6 is 11.8 Å². The normalized spacial score (nSPS) is 25.9. The Labute approximate surface area is 110 Å². The lowest BCUT2D eigenvalue weighted by Gasteiger charge is -2.13. The maximum absolute atomic E-state index is 4.12. The van der Waals surface area contributed by atoms with Crippen molar-refractivity contribution in [2.45, 2.75) is 43.8 Å². The minimum absolute atomic E-state index is 0.619. The van der Waals surface area contributed by atoms with Crippen molar-refractivity contribution in [3.05, 3.63) is 11.0 Å². The maximum Gasteiger partial charge on any atom is 0.0474 e. The van der Waals surface area contributed by atoms with Crippen molar-refractivity contribution >= 4 is 18.0 Å². The third-order valence-corrected chi connectivity index (χ3v) is 4.83. The van der Waals surface area contributed by atoms with Crippen LogP contribution in [0.25, 0.3) is 0 Å². The monoisotopic (exact) mass is 252 g/mol. The van der Waals surface area contributed by atoms with Gasteiger partial charge in [-0.3, -0.25) is 4.99 Å². The molecule has 1 unspecified atom stereocenters. The predicted octanol–water partition coefficient (Wildman–Crippen LogP) is 3.34. The Bertz CT molecular complexity index is 280. The zero-order valence-corrected chi connectivity index (χ0v) is 11.7. The van der Waals surface area contributed by atoms with Crippen LogP contribution in [-0.4, -0.2) is 43.0 Å². The molecular formula is C14H24N2S. The maximum atomic E-state index is 4.12. The van der Waals surface area contributed by atoms with E-state index in [1.54, 1.807) is 4.91 Å². The van der Waals surface area contributed by atoms with Gasteiger partial charge in [0.15, 0.2) is 0 Å². The zero-order chi connectivity index (χ0) is 11.9. The first kappa shape index (κ1) is 13.2. The van der Waals surface area contributed by atoms with Crippen molar-refractivity contribution < 1.29 is 0 Å². The molecule has 0 spiro atoms. The van der Waals surface area contributed by atoms with Crippen molar-refractivity contribution in [2.24, 2.45) is 4.99 Å². The van der Waals surface area contributed by atoms with E-state index in [-0.39, 0.29) is 0 Å². The first-order chi connectivity index (χ1) is 8.38. The minimum atomic E-state index is 0.619. The molecular weight excluding hydrogens is 228 g/mol. The van der Waals surface area contributed by atoms with Gasteiger partial charge in [-0.05, 0) is 63.1 Å². The summed E-state index contributed by atoms with van der Waals surface area (Å²) in [6.07, 6.45) is 12.5. The molecule has 2 nitrogen and oxygen atoms in total. The van der Waals surface area contributed by atoms with Gasteiger partial charge in [0.2, 0.25) is 0 Å². The fourth-order valence-corrected chi connectivity index (χ4v) is 3.82. The second-order valence-electron chi connectivity index (χ2n) is 4.98. The summed E-state index contributed by atoms with van der Waals surface area (Å²) in [5.41, 5.74) is 0. The molecule has 0 N–H and O–H groups in total. The smallest absolute Gasteiger partial charge is 0.0474 e. The molecule has 2 heterocycles. The van der Waals surface area contributed by atoms with Crippen molar-refractivity contribution in [1.82, 2.24) is 4.90 Å². The van der Waals surface area contributed by atoms with E-state index in [1.807, 2.05) is 18.8 Å². The van der Waals surface area contributed by atoms with Crippen LogP contribution in [0.1, 0.15) is 38.5 Å². The fourth-order valence-electron chi connectivity index (χ4n) is 2.60. The predicted molar refractivity (Wildman–Crippen MR) is 78.0 cm³/mol. The summed E-state index contributed by atoms with van der Waals surface area (Å²) in [7, 11) is 1.87. The molecule has 3 heteroatoms. The number of allylic oxidation sites excluding steroid dienone is 2. The molecule has 2 aliphatic heterocycles. The molecule has 2 aliphatic rings. The first-order valence-corrected chi connectivity index (χ1v) is 7.77. The van der Waals surface area contributed by atoms with E-state index in [4.69, 9.17) is 0 Å². The quantitative estimate of drug-likeness (QED) is 0.532. The van der Waals surface area contributed by atoms with Gasteiger partial charge in [0.25, 0.3) is 0 Å². The lowest BCUT2D eigenvalue weighted by molar-refractivity contribution is 0.330. The summed E-state index contributed by atoms with van der Waals surface area (Å²) >= 11 is 2.02. The van der Waals surface area contributed by atoms with Crippen molar-refractivity contribution in [3.63, 3.8) is 0 Å². The molecule has 2 rings (SSSR count). The van der Waals surface area contributed by atoms with Crippen LogP contribution in [0.5, 0.6) is 0 Å². The highest BCUT2D eigenvalue weighted by molar-refractivity contribution is 8.04. The van der Waals surface area contributed by atoms with Crippen LogP contribution in [0.15, 0.2) is 16.0 Å². The number of likely N-dealkylation sites (tertiary alicyclic amines) is 1. The zero-order valence-electron chi connectivity index (χ0n) is 10.9. The van der Waals surface area contributed by atoms with Gasteiger partial charge in [0, 0.05) is 18.5 Å². The molecule has 0 aromatic rings. The van der Waals surface area contributed by atoms with E-state index in [0.717, 1.165) is 0 Å². The standard InChI is InChI=1S/C14H24N2S/c1-15-12-14-8-7-13(17-14)6-2-3-9-16-10-4-5-11-16/h7,12,14H,2-6,8-11H2,1H3/b15-12+. The second kappa shape index (κ2) is 7.22. The average molecular weight is 252 g/mol. The number of unbranched alkanes of at least 4 members (excludes halogenated alkanes) is 1. The van der Waals surface area contributed by atoms with Gasteiger partial charge in [-0.1, -0.05) is 6.08 Å². The second-order valence-corrected chi connectivity index (χ2v) is 6.34. The van der Waals surface area contributed by atoms with Crippen molar-refractivity contribution in [1.29, 1.82) is 0 Å². The molecule has 0 aromatic heterocycles. The fraction of sp³-hybridized carbons (Fsp3) is 0.786. The summed E-state index contributed by atoms with van der Waals surface area (Å²) in [6.45, 7) is 4.00. The number of hydrogen-bond acceptors (Lipinski definition) is 3.